The minimum atomic E-state index is -1.07. The maximum atomic E-state index is 13.1. The van der Waals surface area contributed by atoms with Crippen LogP contribution in [0.5, 0.6) is 0 Å². The van der Waals surface area contributed by atoms with Crippen molar-refractivity contribution in [2.45, 2.75) is 24.9 Å². The van der Waals surface area contributed by atoms with E-state index in [9.17, 15) is 18.7 Å². The van der Waals surface area contributed by atoms with Crippen LogP contribution in [0, 0.1) is 11.6 Å². The minimum absolute atomic E-state index is 0.0606. The molecule has 0 spiro atoms. The van der Waals surface area contributed by atoms with E-state index in [1.165, 1.54) is 6.07 Å². The fraction of sp³-hybridized carbons (Fsp3) is 0.278. The van der Waals surface area contributed by atoms with Gasteiger partial charge in [0.15, 0.2) is 11.6 Å². The zero-order valence-electron chi connectivity index (χ0n) is 12.5. The molecule has 1 atom stereocenters. The third-order valence-corrected chi connectivity index (χ3v) is 4.25. The molecule has 2 aromatic rings. The zero-order valence-corrected chi connectivity index (χ0v) is 12.5. The van der Waals surface area contributed by atoms with Crippen molar-refractivity contribution in [3.8, 4) is 0 Å². The van der Waals surface area contributed by atoms with Crippen molar-refractivity contribution in [2.24, 2.45) is 0 Å². The summed E-state index contributed by atoms with van der Waals surface area (Å²) >= 11 is 0. The Labute approximate surface area is 133 Å². The molecule has 0 bridgehead atoms. The van der Waals surface area contributed by atoms with Gasteiger partial charge in [-0.05, 0) is 41.7 Å². The Hall–Kier alpha value is -2.27. The summed E-state index contributed by atoms with van der Waals surface area (Å²) in [5, 5.41) is 13.4. The van der Waals surface area contributed by atoms with Crippen LogP contribution in [0.4, 0.5) is 8.78 Å². The molecule has 0 radical (unpaired) electrons. The Balaban J connectivity index is 1.62. The summed E-state index contributed by atoms with van der Waals surface area (Å²) in [4.78, 5) is 12.0. The quantitative estimate of drug-likeness (QED) is 0.910. The van der Waals surface area contributed by atoms with Crippen molar-refractivity contribution in [1.29, 1.82) is 0 Å². The van der Waals surface area contributed by atoms with E-state index < -0.39 is 17.2 Å². The van der Waals surface area contributed by atoms with Crippen molar-refractivity contribution >= 4 is 5.91 Å². The number of amides is 1. The zero-order chi connectivity index (χ0) is 16.4. The van der Waals surface area contributed by atoms with Crippen LogP contribution >= 0.6 is 0 Å². The predicted molar refractivity (Wildman–Crippen MR) is 81.7 cm³/mol. The van der Waals surface area contributed by atoms with E-state index in [2.05, 4.69) is 5.32 Å². The minimum Gasteiger partial charge on any atom is -0.383 e. The Kier molecular flexibility index (Phi) is 4.13. The molecule has 120 valence electrons. The van der Waals surface area contributed by atoms with Crippen molar-refractivity contribution in [2.75, 3.05) is 6.54 Å². The molecule has 1 aliphatic rings. The molecule has 2 N–H and O–H groups in total. The first-order valence-corrected chi connectivity index (χ1v) is 7.49. The Bertz CT molecular complexity index is 748. The van der Waals surface area contributed by atoms with Gasteiger partial charge in [0.2, 0.25) is 5.91 Å². The largest absolute Gasteiger partial charge is 0.383 e. The maximum absolute atomic E-state index is 13.1. The van der Waals surface area contributed by atoms with Gasteiger partial charge in [0.25, 0.3) is 0 Å². The van der Waals surface area contributed by atoms with E-state index in [-0.39, 0.29) is 18.9 Å². The lowest BCUT2D eigenvalue weighted by atomic mass is 9.96. The van der Waals surface area contributed by atoms with E-state index >= 15 is 0 Å². The first-order chi connectivity index (χ1) is 11.0. The van der Waals surface area contributed by atoms with Gasteiger partial charge in [-0.15, -0.1) is 0 Å². The number of aliphatic hydroxyl groups is 1. The molecule has 0 aliphatic heterocycles. The molecule has 5 heteroatoms. The lowest BCUT2D eigenvalue weighted by Crippen LogP contribution is -2.39. The molecule has 0 heterocycles. The number of fused-ring (bicyclic) bond motifs is 1. The SMILES string of the molecule is O=C(Cc1ccc(F)c(F)c1)NC[C@]1(O)CCc2ccccc21. The summed E-state index contributed by atoms with van der Waals surface area (Å²) in [5.41, 5.74) is 1.25. The van der Waals surface area contributed by atoms with E-state index in [1.54, 1.807) is 0 Å². The lowest BCUT2D eigenvalue weighted by Gasteiger charge is -2.24. The van der Waals surface area contributed by atoms with Crippen molar-refractivity contribution < 1.29 is 18.7 Å². The van der Waals surface area contributed by atoms with E-state index in [1.807, 2.05) is 24.3 Å². The summed E-state index contributed by atoms with van der Waals surface area (Å²) in [7, 11) is 0. The van der Waals surface area contributed by atoms with E-state index in [0.29, 0.717) is 12.0 Å². The number of rotatable bonds is 4. The molecular formula is C18H17F2NO2. The second-order valence-corrected chi connectivity index (χ2v) is 5.89. The number of hydrogen-bond acceptors (Lipinski definition) is 2. The van der Waals surface area contributed by atoms with Gasteiger partial charge in [0, 0.05) is 0 Å². The number of carbonyl (C=O) groups excluding carboxylic acids is 1. The Morgan fingerprint density at radius 1 is 1.17 bits per heavy atom. The van der Waals surface area contributed by atoms with Crippen LogP contribution in [0.15, 0.2) is 42.5 Å². The average molecular weight is 317 g/mol. The number of benzene rings is 2. The van der Waals surface area contributed by atoms with Crippen LogP contribution in [0.25, 0.3) is 0 Å². The highest BCUT2D eigenvalue weighted by molar-refractivity contribution is 5.78. The van der Waals surface area contributed by atoms with Crippen LogP contribution in [-0.2, 0) is 23.2 Å². The number of hydrogen-bond donors (Lipinski definition) is 2. The van der Waals surface area contributed by atoms with Gasteiger partial charge in [-0.25, -0.2) is 8.78 Å². The molecule has 1 amide bonds. The molecule has 3 nitrogen and oxygen atoms in total. The fourth-order valence-corrected chi connectivity index (χ4v) is 2.99. The standard InChI is InChI=1S/C18H17F2NO2/c19-15-6-5-12(9-16(15)20)10-17(22)21-11-18(23)8-7-13-3-1-2-4-14(13)18/h1-6,9,23H,7-8,10-11H2,(H,21,22)/t18-/m1/s1. The molecule has 1 aliphatic carbocycles. The summed E-state index contributed by atoms with van der Waals surface area (Å²) in [6, 6.07) is 11.0. The smallest absolute Gasteiger partial charge is 0.224 e. The number of aryl methyl sites for hydroxylation is 1. The first kappa shape index (κ1) is 15.6. The molecular weight excluding hydrogens is 300 g/mol. The highest BCUT2D eigenvalue weighted by atomic mass is 19.2. The third kappa shape index (κ3) is 3.24. The van der Waals surface area contributed by atoms with Crippen LogP contribution in [0.3, 0.4) is 0 Å². The molecule has 3 rings (SSSR count). The van der Waals surface area contributed by atoms with Gasteiger partial charge in [-0.1, -0.05) is 30.3 Å². The van der Waals surface area contributed by atoms with Crippen molar-refractivity contribution in [3.63, 3.8) is 0 Å². The second kappa shape index (κ2) is 6.08. The molecule has 0 fully saturated rings. The summed E-state index contributed by atoms with van der Waals surface area (Å²) in [6.45, 7) is 0.104. The molecule has 0 aromatic heterocycles. The van der Waals surface area contributed by atoms with Gasteiger partial charge >= 0.3 is 0 Å². The Morgan fingerprint density at radius 2 is 1.96 bits per heavy atom. The molecule has 2 aromatic carbocycles. The first-order valence-electron chi connectivity index (χ1n) is 7.49. The predicted octanol–water partition coefficient (Wildman–Crippen LogP) is 2.46. The van der Waals surface area contributed by atoms with Crippen LogP contribution in [-0.4, -0.2) is 17.6 Å². The third-order valence-electron chi connectivity index (χ3n) is 4.25. The second-order valence-electron chi connectivity index (χ2n) is 5.89. The topological polar surface area (TPSA) is 49.3 Å². The van der Waals surface area contributed by atoms with Gasteiger partial charge < -0.3 is 10.4 Å². The number of halogens is 2. The fourth-order valence-electron chi connectivity index (χ4n) is 2.99. The van der Waals surface area contributed by atoms with Crippen LogP contribution in [0.1, 0.15) is 23.1 Å². The molecule has 23 heavy (non-hydrogen) atoms. The monoisotopic (exact) mass is 317 g/mol. The lowest BCUT2D eigenvalue weighted by molar-refractivity contribution is -0.121. The normalized spacial score (nSPS) is 19.4. The molecule has 0 unspecified atom stereocenters. The summed E-state index contributed by atoms with van der Waals surface area (Å²) in [6.07, 6.45) is 1.26. The Morgan fingerprint density at radius 3 is 2.74 bits per heavy atom. The molecule has 0 saturated carbocycles. The van der Waals surface area contributed by atoms with Gasteiger partial charge in [0.1, 0.15) is 5.60 Å². The van der Waals surface area contributed by atoms with E-state index in [4.69, 9.17) is 0 Å². The van der Waals surface area contributed by atoms with Crippen molar-refractivity contribution in [3.05, 3.63) is 70.8 Å². The number of carbonyl (C=O) groups is 1. The maximum Gasteiger partial charge on any atom is 0.224 e. The summed E-state index contributed by atoms with van der Waals surface area (Å²) in [5.74, 6) is -2.25. The van der Waals surface area contributed by atoms with E-state index in [0.717, 1.165) is 29.7 Å². The average Bonchev–Trinajstić information content (AvgIpc) is 2.88. The van der Waals surface area contributed by atoms with Crippen molar-refractivity contribution in [1.82, 2.24) is 5.32 Å². The van der Waals surface area contributed by atoms with Gasteiger partial charge in [-0.2, -0.15) is 0 Å². The highest BCUT2D eigenvalue weighted by Gasteiger charge is 2.36. The van der Waals surface area contributed by atoms with Gasteiger partial charge in [0.05, 0.1) is 13.0 Å². The number of nitrogens with one attached hydrogen (secondary N) is 1. The summed E-state index contributed by atoms with van der Waals surface area (Å²) < 4.78 is 26.0. The highest BCUT2D eigenvalue weighted by Crippen LogP contribution is 2.36. The molecule has 0 saturated heterocycles. The van der Waals surface area contributed by atoms with Crippen LogP contribution < -0.4 is 5.32 Å². The van der Waals surface area contributed by atoms with Gasteiger partial charge in [-0.3, -0.25) is 4.79 Å². The van der Waals surface area contributed by atoms with Crippen LogP contribution in [0.2, 0.25) is 0 Å².